The molecule has 0 radical (unpaired) electrons. The van der Waals surface area contributed by atoms with Crippen LogP contribution in [-0.2, 0) is 13.0 Å². The van der Waals surface area contributed by atoms with E-state index in [-0.39, 0.29) is 0 Å². The molecule has 0 unspecified atom stereocenters. The Hall–Kier alpha value is -2.17. The van der Waals surface area contributed by atoms with Gasteiger partial charge in [0.05, 0.1) is 10.7 Å². The zero-order chi connectivity index (χ0) is 16.1. The molecular formula is C19H21N3S. The van der Waals surface area contributed by atoms with Crippen molar-refractivity contribution in [3.8, 4) is 11.3 Å². The second-order valence-corrected chi connectivity index (χ2v) is 6.63. The summed E-state index contributed by atoms with van der Waals surface area (Å²) in [5, 5.41) is 3.25. The highest BCUT2D eigenvalue weighted by Gasteiger charge is 2.08. The molecule has 1 heterocycles. The zero-order valence-corrected chi connectivity index (χ0v) is 14.1. The van der Waals surface area contributed by atoms with Crippen LogP contribution in [0.5, 0.6) is 0 Å². The lowest BCUT2D eigenvalue weighted by Crippen LogP contribution is -2.20. The van der Waals surface area contributed by atoms with E-state index in [1.165, 1.54) is 5.56 Å². The van der Waals surface area contributed by atoms with E-state index in [9.17, 15) is 0 Å². The summed E-state index contributed by atoms with van der Waals surface area (Å²) in [6.45, 7) is 1.96. The third kappa shape index (κ3) is 4.18. The Morgan fingerprint density at radius 2 is 1.78 bits per heavy atom. The summed E-state index contributed by atoms with van der Waals surface area (Å²) in [7, 11) is 2.15. The third-order valence-corrected chi connectivity index (χ3v) is 4.70. The van der Waals surface area contributed by atoms with Crippen LogP contribution in [0.25, 0.3) is 11.3 Å². The van der Waals surface area contributed by atoms with Crippen molar-refractivity contribution in [2.75, 3.05) is 19.3 Å². The quantitative estimate of drug-likeness (QED) is 0.695. The van der Waals surface area contributed by atoms with Crippen molar-refractivity contribution in [3.05, 3.63) is 70.5 Å². The van der Waals surface area contributed by atoms with Crippen LogP contribution in [0.15, 0.2) is 60.0 Å². The lowest BCUT2D eigenvalue weighted by Gasteiger charge is -2.15. The Bertz CT molecular complexity index is 752. The molecule has 3 rings (SSSR count). The molecule has 3 aromatic rings. The first kappa shape index (κ1) is 15.7. The first-order valence-corrected chi connectivity index (χ1v) is 8.62. The second kappa shape index (κ2) is 7.40. The predicted octanol–water partition coefficient (Wildman–Crippen LogP) is 4.07. The molecule has 1 aromatic heterocycles. The van der Waals surface area contributed by atoms with Gasteiger partial charge in [-0.05, 0) is 18.7 Å². The van der Waals surface area contributed by atoms with Crippen molar-refractivity contribution >= 4 is 17.0 Å². The van der Waals surface area contributed by atoms with Crippen molar-refractivity contribution in [1.29, 1.82) is 0 Å². The van der Waals surface area contributed by atoms with E-state index < -0.39 is 0 Å². The SMILES string of the molecule is CN(CCc1nc(-c2ccccc2N)cs1)Cc1ccccc1. The molecule has 0 fully saturated rings. The van der Waals surface area contributed by atoms with Gasteiger partial charge < -0.3 is 10.6 Å². The van der Waals surface area contributed by atoms with Gasteiger partial charge in [0.15, 0.2) is 0 Å². The standard InChI is InChI=1S/C19H21N3S/c1-22(13-15-7-3-2-4-8-15)12-11-19-21-18(14-23-19)16-9-5-6-10-17(16)20/h2-10,14H,11-13,20H2,1H3. The molecule has 118 valence electrons. The Morgan fingerprint density at radius 1 is 1.04 bits per heavy atom. The first-order chi connectivity index (χ1) is 11.2. The lowest BCUT2D eigenvalue weighted by molar-refractivity contribution is 0.331. The maximum absolute atomic E-state index is 6.03. The summed E-state index contributed by atoms with van der Waals surface area (Å²) in [6, 6.07) is 18.4. The number of benzene rings is 2. The number of hydrogen-bond donors (Lipinski definition) is 1. The van der Waals surface area contributed by atoms with Crippen LogP contribution in [0.1, 0.15) is 10.6 Å². The smallest absolute Gasteiger partial charge is 0.0945 e. The van der Waals surface area contributed by atoms with Gasteiger partial charge in [0.1, 0.15) is 0 Å². The molecular weight excluding hydrogens is 302 g/mol. The summed E-state index contributed by atoms with van der Waals surface area (Å²) in [5.74, 6) is 0. The molecule has 0 spiro atoms. The van der Waals surface area contributed by atoms with Crippen LogP contribution < -0.4 is 5.73 Å². The van der Waals surface area contributed by atoms with E-state index in [4.69, 9.17) is 10.7 Å². The van der Waals surface area contributed by atoms with Gasteiger partial charge in [0.2, 0.25) is 0 Å². The summed E-state index contributed by atoms with van der Waals surface area (Å²) in [4.78, 5) is 7.06. The number of hydrogen-bond acceptors (Lipinski definition) is 4. The molecule has 0 aliphatic carbocycles. The minimum atomic E-state index is 0.783. The number of thiazole rings is 1. The number of likely N-dealkylation sites (N-methyl/N-ethyl adjacent to an activating group) is 1. The fourth-order valence-corrected chi connectivity index (χ4v) is 3.33. The highest BCUT2D eigenvalue weighted by molar-refractivity contribution is 7.09. The molecule has 0 aliphatic heterocycles. The maximum Gasteiger partial charge on any atom is 0.0945 e. The van der Waals surface area contributed by atoms with Gasteiger partial charge in [0, 0.05) is 36.1 Å². The van der Waals surface area contributed by atoms with Gasteiger partial charge >= 0.3 is 0 Å². The number of nitrogen functional groups attached to an aromatic ring is 1. The van der Waals surface area contributed by atoms with E-state index in [1.807, 2.05) is 24.3 Å². The molecule has 3 nitrogen and oxygen atoms in total. The molecule has 0 saturated heterocycles. The van der Waals surface area contributed by atoms with Gasteiger partial charge in [-0.15, -0.1) is 11.3 Å². The topological polar surface area (TPSA) is 42.2 Å². The monoisotopic (exact) mass is 323 g/mol. The number of rotatable bonds is 6. The molecule has 23 heavy (non-hydrogen) atoms. The number of para-hydroxylation sites is 1. The lowest BCUT2D eigenvalue weighted by atomic mass is 10.1. The summed E-state index contributed by atoms with van der Waals surface area (Å²) in [6.07, 6.45) is 0.959. The molecule has 2 N–H and O–H groups in total. The van der Waals surface area contributed by atoms with Gasteiger partial charge in [-0.25, -0.2) is 4.98 Å². The molecule has 0 saturated carbocycles. The van der Waals surface area contributed by atoms with Crippen LogP contribution in [0, 0.1) is 0 Å². The van der Waals surface area contributed by atoms with Crippen LogP contribution in [0.2, 0.25) is 0 Å². The highest BCUT2D eigenvalue weighted by Crippen LogP contribution is 2.27. The van der Waals surface area contributed by atoms with E-state index in [0.717, 1.165) is 41.5 Å². The number of nitrogens with two attached hydrogens (primary N) is 1. The Kier molecular flexibility index (Phi) is 5.05. The van der Waals surface area contributed by atoms with Gasteiger partial charge in [-0.2, -0.15) is 0 Å². The van der Waals surface area contributed by atoms with Gasteiger partial charge in [-0.3, -0.25) is 0 Å². The van der Waals surface area contributed by atoms with Crippen LogP contribution in [0.3, 0.4) is 0 Å². The summed E-state index contributed by atoms with van der Waals surface area (Å²) >= 11 is 1.71. The van der Waals surface area contributed by atoms with Crippen molar-refractivity contribution in [2.45, 2.75) is 13.0 Å². The highest BCUT2D eigenvalue weighted by atomic mass is 32.1. The van der Waals surface area contributed by atoms with E-state index in [1.54, 1.807) is 11.3 Å². The minimum Gasteiger partial charge on any atom is -0.398 e. The number of aromatic nitrogens is 1. The number of anilines is 1. The summed E-state index contributed by atoms with van der Waals surface area (Å²) in [5.41, 5.74) is 10.2. The average Bonchev–Trinajstić information content (AvgIpc) is 3.03. The Balaban J connectivity index is 1.58. The molecule has 0 amide bonds. The van der Waals surface area contributed by atoms with Crippen LogP contribution >= 0.6 is 11.3 Å². The first-order valence-electron chi connectivity index (χ1n) is 7.74. The Morgan fingerprint density at radius 3 is 2.57 bits per heavy atom. The molecule has 2 aromatic carbocycles. The van der Waals surface area contributed by atoms with Crippen molar-refractivity contribution < 1.29 is 0 Å². The Labute approximate surface area is 141 Å². The van der Waals surface area contributed by atoms with E-state index >= 15 is 0 Å². The zero-order valence-electron chi connectivity index (χ0n) is 13.3. The van der Waals surface area contributed by atoms with Crippen molar-refractivity contribution in [1.82, 2.24) is 9.88 Å². The average molecular weight is 323 g/mol. The van der Waals surface area contributed by atoms with Gasteiger partial charge in [-0.1, -0.05) is 48.5 Å². The predicted molar refractivity (Wildman–Crippen MR) is 98.4 cm³/mol. The normalized spacial score (nSPS) is 11.0. The van der Waals surface area contributed by atoms with E-state index in [2.05, 4.69) is 47.7 Å². The molecule has 0 bridgehead atoms. The second-order valence-electron chi connectivity index (χ2n) is 5.69. The molecule has 4 heteroatoms. The van der Waals surface area contributed by atoms with Crippen molar-refractivity contribution in [2.24, 2.45) is 0 Å². The molecule has 0 aliphatic rings. The van der Waals surface area contributed by atoms with Crippen molar-refractivity contribution in [3.63, 3.8) is 0 Å². The minimum absolute atomic E-state index is 0.783. The van der Waals surface area contributed by atoms with Gasteiger partial charge in [0.25, 0.3) is 0 Å². The largest absolute Gasteiger partial charge is 0.398 e. The van der Waals surface area contributed by atoms with Crippen LogP contribution in [0.4, 0.5) is 5.69 Å². The fourth-order valence-electron chi connectivity index (χ4n) is 2.54. The number of nitrogens with zero attached hydrogens (tertiary/aromatic N) is 2. The maximum atomic E-state index is 6.03. The molecule has 0 atom stereocenters. The third-order valence-electron chi connectivity index (χ3n) is 3.79. The van der Waals surface area contributed by atoms with Crippen LogP contribution in [-0.4, -0.2) is 23.5 Å². The summed E-state index contributed by atoms with van der Waals surface area (Å²) < 4.78 is 0. The fraction of sp³-hybridized carbons (Fsp3) is 0.211. The van der Waals surface area contributed by atoms with E-state index in [0.29, 0.717) is 0 Å².